The first-order chi connectivity index (χ1) is 17.8. The summed E-state index contributed by atoms with van der Waals surface area (Å²) in [5.41, 5.74) is 1.36. The van der Waals surface area contributed by atoms with E-state index in [2.05, 4.69) is 16.8 Å². The van der Waals surface area contributed by atoms with Gasteiger partial charge in [-0.25, -0.2) is 4.79 Å². The number of halogens is 3. The number of alkyl halides is 3. The van der Waals surface area contributed by atoms with E-state index in [1.54, 1.807) is 23.2 Å². The van der Waals surface area contributed by atoms with Crippen molar-refractivity contribution in [2.45, 2.75) is 70.6 Å². The Balaban J connectivity index is 1.31. The molecule has 2 aromatic rings. The van der Waals surface area contributed by atoms with Crippen LogP contribution in [0.1, 0.15) is 74.6 Å². The lowest BCUT2D eigenvalue weighted by atomic mass is 9.82. The average Bonchev–Trinajstić information content (AvgIpc) is 2.92. The van der Waals surface area contributed by atoms with Gasteiger partial charge < -0.3 is 19.3 Å². The molecule has 1 amide bonds. The lowest BCUT2D eigenvalue weighted by molar-refractivity contribution is -0.138. The Morgan fingerprint density at radius 3 is 2.46 bits per heavy atom. The van der Waals surface area contributed by atoms with Gasteiger partial charge in [0, 0.05) is 26.2 Å². The third-order valence-electron chi connectivity index (χ3n) is 7.20. The summed E-state index contributed by atoms with van der Waals surface area (Å²) >= 11 is 0. The maximum atomic E-state index is 13.8. The summed E-state index contributed by atoms with van der Waals surface area (Å²) in [6.07, 6.45) is 3.55. The van der Waals surface area contributed by atoms with Gasteiger partial charge >= 0.3 is 12.3 Å². The molecule has 0 N–H and O–H groups in total. The smallest absolute Gasteiger partial charge is 0.416 e. The Hall–Kier alpha value is -2.97. The van der Waals surface area contributed by atoms with E-state index in [0.29, 0.717) is 44.0 Å². The van der Waals surface area contributed by atoms with Crippen molar-refractivity contribution in [3.63, 3.8) is 0 Å². The molecule has 1 aromatic carbocycles. The molecule has 6 nitrogen and oxygen atoms in total. The molecule has 2 fully saturated rings. The quantitative estimate of drug-likeness (QED) is 0.360. The van der Waals surface area contributed by atoms with E-state index in [-0.39, 0.29) is 24.4 Å². The van der Waals surface area contributed by atoms with Crippen LogP contribution in [-0.4, -0.2) is 48.8 Å². The first-order valence-electron chi connectivity index (χ1n) is 13.3. The normalized spacial score (nSPS) is 17.1. The highest BCUT2D eigenvalue weighted by Crippen LogP contribution is 2.42. The Morgan fingerprint density at radius 1 is 1.05 bits per heavy atom. The van der Waals surface area contributed by atoms with Gasteiger partial charge in [-0.2, -0.15) is 13.2 Å². The van der Waals surface area contributed by atoms with Crippen LogP contribution in [0.3, 0.4) is 0 Å². The van der Waals surface area contributed by atoms with Crippen LogP contribution in [0.5, 0.6) is 5.75 Å². The minimum absolute atomic E-state index is 0.0396. The molecule has 0 spiro atoms. The molecule has 2 heterocycles. The average molecular weight is 520 g/mol. The zero-order chi connectivity index (χ0) is 26.3. The highest BCUT2D eigenvalue weighted by Gasteiger charge is 2.36. The van der Waals surface area contributed by atoms with Gasteiger partial charge in [0.1, 0.15) is 12.4 Å². The number of benzene rings is 1. The second-order valence-electron chi connectivity index (χ2n) is 9.82. The summed E-state index contributed by atoms with van der Waals surface area (Å²) in [5, 5.41) is 0. The third kappa shape index (κ3) is 7.29. The molecule has 0 unspecified atom stereocenters. The predicted molar refractivity (Wildman–Crippen MR) is 136 cm³/mol. The first-order valence-corrected chi connectivity index (χ1v) is 13.3. The number of nitrogens with zero attached hydrogens (tertiary/aromatic N) is 3. The fourth-order valence-corrected chi connectivity index (χ4v) is 5.03. The predicted octanol–water partition coefficient (Wildman–Crippen LogP) is 6.79. The number of pyridine rings is 1. The second kappa shape index (κ2) is 12.5. The molecule has 4 rings (SSSR count). The molecular formula is C28H36F3N3O3. The van der Waals surface area contributed by atoms with Crippen molar-refractivity contribution in [3.05, 3.63) is 53.3 Å². The Labute approximate surface area is 216 Å². The summed E-state index contributed by atoms with van der Waals surface area (Å²) in [5.74, 6) is 0.155. The van der Waals surface area contributed by atoms with Crippen LogP contribution < -0.4 is 9.64 Å². The van der Waals surface area contributed by atoms with Crippen molar-refractivity contribution in [1.29, 1.82) is 0 Å². The van der Waals surface area contributed by atoms with Crippen LogP contribution >= 0.6 is 0 Å². The Kier molecular flexibility index (Phi) is 9.16. The lowest BCUT2D eigenvalue weighted by Gasteiger charge is -2.35. The number of hydrogen-bond donors (Lipinski definition) is 0. The van der Waals surface area contributed by atoms with Gasteiger partial charge in [0.05, 0.1) is 29.7 Å². The number of amides is 1. The Bertz CT molecular complexity index is 1020. The number of rotatable bonds is 8. The van der Waals surface area contributed by atoms with Crippen molar-refractivity contribution < 1.29 is 27.4 Å². The summed E-state index contributed by atoms with van der Waals surface area (Å²) in [4.78, 5) is 20.4. The molecule has 9 heteroatoms. The molecule has 202 valence electrons. The highest BCUT2D eigenvalue weighted by atomic mass is 19.4. The first kappa shape index (κ1) is 27.1. The van der Waals surface area contributed by atoms with E-state index in [1.165, 1.54) is 0 Å². The Morgan fingerprint density at radius 2 is 1.81 bits per heavy atom. The molecule has 0 radical (unpaired) electrons. The van der Waals surface area contributed by atoms with Gasteiger partial charge in [0.25, 0.3) is 0 Å². The molecule has 1 saturated carbocycles. The van der Waals surface area contributed by atoms with Crippen molar-refractivity contribution in [2.75, 3.05) is 37.7 Å². The maximum Gasteiger partial charge on any atom is 0.416 e. The van der Waals surface area contributed by atoms with Crippen molar-refractivity contribution >= 4 is 11.8 Å². The number of piperazine rings is 1. The fourth-order valence-electron chi connectivity index (χ4n) is 5.03. The van der Waals surface area contributed by atoms with Crippen LogP contribution in [0, 0.1) is 0 Å². The molecule has 37 heavy (non-hydrogen) atoms. The zero-order valence-corrected chi connectivity index (χ0v) is 21.4. The largest absolute Gasteiger partial charge is 0.487 e. The van der Waals surface area contributed by atoms with Gasteiger partial charge in [-0.3, -0.25) is 4.98 Å². The molecule has 1 aromatic heterocycles. The van der Waals surface area contributed by atoms with Crippen molar-refractivity contribution in [1.82, 2.24) is 9.88 Å². The van der Waals surface area contributed by atoms with Gasteiger partial charge in [-0.15, -0.1) is 0 Å². The van der Waals surface area contributed by atoms with Gasteiger partial charge in [0.15, 0.2) is 0 Å². The van der Waals surface area contributed by atoms with Gasteiger partial charge in [0.2, 0.25) is 0 Å². The maximum absolute atomic E-state index is 13.8. The summed E-state index contributed by atoms with van der Waals surface area (Å²) in [6, 6.07) is 8.10. The van der Waals surface area contributed by atoms with E-state index >= 15 is 0 Å². The van der Waals surface area contributed by atoms with E-state index in [0.717, 1.165) is 56.7 Å². The fraction of sp³-hybridized carbons (Fsp3) is 0.571. The standard InChI is InChI=1S/C28H36F3N3O3/c1-2-3-17-36-27(35)34-15-13-33(14-16-34)23-10-9-22(32-19-23)20-37-24-11-12-25(21-7-5-4-6-8-21)26(18-24)28(29,30)31/h9-12,18-19,21H,2-8,13-17,20H2,1H3. The summed E-state index contributed by atoms with van der Waals surface area (Å²) in [7, 11) is 0. The van der Waals surface area contributed by atoms with E-state index in [9.17, 15) is 18.0 Å². The van der Waals surface area contributed by atoms with Gasteiger partial charge in [-0.05, 0) is 55.0 Å². The van der Waals surface area contributed by atoms with Crippen LogP contribution in [-0.2, 0) is 17.5 Å². The SMILES string of the molecule is CCCCOC(=O)N1CCN(c2ccc(COc3ccc(C4CCCCC4)c(C(F)(F)F)c3)nc2)CC1. The molecule has 0 atom stereocenters. The lowest BCUT2D eigenvalue weighted by Crippen LogP contribution is -2.49. The third-order valence-corrected chi connectivity index (χ3v) is 7.20. The number of aromatic nitrogens is 1. The molecule has 1 saturated heterocycles. The van der Waals surface area contributed by atoms with Crippen molar-refractivity contribution in [2.24, 2.45) is 0 Å². The van der Waals surface area contributed by atoms with Crippen LogP contribution in [0.2, 0.25) is 0 Å². The van der Waals surface area contributed by atoms with Gasteiger partial charge in [-0.1, -0.05) is 38.7 Å². The molecule has 0 bridgehead atoms. The minimum atomic E-state index is -4.41. The number of hydrogen-bond acceptors (Lipinski definition) is 5. The second-order valence-corrected chi connectivity index (χ2v) is 9.82. The summed E-state index contributed by atoms with van der Waals surface area (Å²) < 4.78 is 52.4. The van der Waals surface area contributed by atoms with E-state index < -0.39 is 11.7 Å². The minimum Gasteiger partial charge on any atom is -0.487 e. The molecule has 2 aliphatic rings. The number of carbonyl (C=O) groups excluding carboxylic acids is 1. The highest BCUT2D eigenvalue weighted by molar-refractivity contribution is 5.68. The number of ether oxygens (including phenoxy) is 2. The van der Waals surface area contributed by atoms with Crippen LogP contribution in [0.25, 0.3) is 0 Å². The van der Waals surface area contributed by atoms with E-state index in [4.69, 9.17) is 9.47 Å². The van der Waals surface area contributed by atoms with Crippen LogP contribution in [0.4, 0.5) is 23.7 Å². The van der Waals surface area contributed by atoms with Crippen molar-refractivity contribution in [3.8, 4) is 5.75 Å². The number of carbonyl (C=O) groups is 1. The number of unbranched alkanes of at least 4 members (excludes halogenated alkanes) is 1. The monoisotopic (exact) mass is 519 g/mol. The van der Waals surface area contributed by atoms with Crippen LogP contribution in [0.15, 0.2) is 36.5 Å². The molecule has 1 aliphatic carbocycles. The summed E-state index contributed by atoms with van der Waals surface area (Å²) in [6.45, 7) is 5.09. The molecular weight excluding hydrogens is 483 g/mol. The topological polar surface area (TPSA) is 54.9 Å². The molecule has 1 aliphatic heterocycles. The number of anilines is 1. The zero-order valence-electron chi connectivity index (χ0n) is 21.4. The van der Waals surface area contributed by atoms with E-state index in [1.807, 2.05) is 12.1 Å².